The van der Waals surface area contributed by atoms with Gasteiger partial charge in [-0.2, -0.15) is 5.26 Å². The maximum atomic E-state index is 8.85. The maximum absolute atomic E-state index is 8.85. The van der Waals surface area contributed by atoms with Gasteiger partial charge < -0.3 is 4.98 Å². The van der Waals surface area contributed by atoms with Crippen molar-refractivity contribution in [1.29, 1.82) is 5.26 Å². The number of benzene rings is 1. The Bertz CT molecular complexity index is 522. The number of nitrogens with one attached hydrogen (secondary N) is 1. The quantitative estimate of drug-likeness (QED) is 0.758. The van der Waals surface area contributed by atoms with Crippen molar-refractivity contribution in [3.05, 3.63) is 47.2 Å². The molecule has 0 unspecified atom stereocenters. The fourth-order valence-electron chi connectivity index (χ4n) is 1.56. The van der Waals surface area contributed by atoms with Crippen molar-refractivity contribution in [1.82, 2.24) is 4.98 Å². The number of aryl methyl sites for hydroxylation is 2. The number of aromatic nitrogens is 1. The SMILES string of the molecule is CC.Cc1ccc(-c2cc(C#N)c(C)[nH]2)cc1.[HH].[HH]. The van der Waals surface area contributed by atoms with Crippen molar-refractivity contribution in [3.63, 3.8) is 0 Å². The standard InChI is InChI=1S/C13H12N2.C2H6.2H2/c1-9-3-5-11(6-4-9)13-7-12(8-14)10(2)15-13;1-2;;/h3-7,15H,1-2H3;1-2H3;2*1H. The highest BCUT2D eigenvalue weighted by molar-refractivity contribution is 5.63. The molecule has 2 nitrogen and oxygen atoms in total. The van der Waals surface area contributed by atoms with Gasteiger partial charge in [0.05, 0.1) is 5.56 Å². The molecule has 0 amide bonds. The predicted molar refractivity (Wildman–Crippen MR) is 76.0 cm³/mol. The first-order valence-electron chi connectivity index (χ1n) is 5.87. The zero-order valence-electron chi connectivity index (χ0n) is 10.8. The molecule has 1 heterocycles. The van der Waals surface area contributed by atoms with Crippen LogP contribution in [0.25, 0.3) is 11.3 Å². The van der Waals surface area contributed by atoms with E-state index in [4.69, 9.17) is 5.26 Å². The molecule has 92 valence electrons. The molecule has 0 aliphatic heterocycles. The molecule has 0 radical (unpaired) electrons. The van der Waals surface area contributed by atoms with Gasteiger partial charge in [-0.25, -0.2) is 0 Å². The van der Waals surface area contributed by atoms with E-state index in [1.54, 1.807) is 0 Å². The second-order valence-corrected chi connectivity index (χ2v) is 3.70. The van der Waals surface area contributed by atoms with Crippen LogP contribution in [0.15, 0.2) is 30.3 Å². The van der Waals surface area contributed by atoms with Crippen molar-refractivity contribution in [2.45, 2.75) is 27.7 Å². The van der Waals surface area contributed by atoms with Crippen LogP contribution in [-0.4, -0.2) is 4.98 Å². The summed E-state index contributed by atoms with van der Waals surface area (Å²) in [5.74, 6) is 0. The van der Waals surface area contributed by atoms with Crippen LogP contribution in [-0.2, 0) is 0 Å². The second-order valence-electron chi connectivity index (χ2n) is 3.70. The Hall–Kier alpha value is -2.01. The van der Waals surface area contributed by atoms with E-state index >= 15 is 0 Å². The maximum Gasteiger partial charge on any atom is 0.101 e. The molecule has 1 N–H and O–H groups in total. The summed E-state index contributed by atoms with van der Waals surface area (Å²) in [4.78, 5) is 3.21. The molecule has 2 rings (SSSR count). The van der Waals surface area contributed by atoms with Crippen molar-refractivity contribution >= 4 is 0 Å². The second kappa shape index (κ2) is 5.91. The van der Waals surface area contributed by atoms with E-state index in [2.05, 4.69) is 42.2 Å². The number of hydrogen-bond donors (Lipinski definition) is 1. The first-order valence-corrected chi connectivity index (χ1v) is 5.87. The number of H-pyrrole nitrogens is 1. The Morgan fingerprint density at radius 2 is 1.71 bits per heavy atom. The van der Waals surface area contributed by atoms with E-state index in [1.165, 1.54) is 5.56 Å². The average molecular weight is 230 g/mol. The summed E-state index contributed by atoms with van der Waals surface area (Å²) in [5.41, 5.74) is 5.00. The van der Waals surface area contributed by atoms with Gasteiger partial charge in [-0.3, -0.25) is 0 Å². The Labute approximate surface area is 106 Å². The van der Waals surface area contributed by atoms with Crippen LogP contribution in [0.5, 0.6) is 0 Å². The van der Waals surface area contributed by atoms with Crippen LogP contribution in [0.4, 0.5) is 0 Å². The van der Waals surface area contributed by atoms with Gasteiger partial charge in [0, 0.05) is 14.2 Å². The molecular weight excluding hydrogens is 208 g/mol. The van der Waals surface area contributed by atoms with Crippen molar-refractivity contribution in [2.24, 2.45) is 0 Å². The zero-order chi connectivity index (χ0) is 12.8. The number of rotatable bonds is 1. The van der Waals surface area contributed by atoms with Gasteiger partial charge in [0.1, 0.15) is 6.07 Å². The Balaban J connectivity index is 0. The molecule has 0 fully saturated rings. The molecule has 0 saturated heterocycles. The van der Waals surface area contributed by atoms with E-state index in [1.807, 2.05) is 26.8 Å². The van der Waals surface area contributed by atoms with Gasteiger partial charge in [0.2, 0.25) is 0 Å². The summed E-state index contributed by atoms with van der Waals surface area (Å²) in [6.45, 7) is 7.97. The van der Waals surface area contributed by atoms with Crippen LogP contribution in [0.1, 0.15) is 33.5 Å². The minimum absolute atomic E-state index is 0. The molecule has 0 atom stereocenters. The predicted octanol–water partition coefficient (Wildman–Crippen LogP) is 4.69. The summed E-state index contributed by atoms with van der Waals surface area (Å²) in [7, 11) is 0. The summed E-state index contributed by atoms with van der Waals surface area (Å²) < 4.78 is 0. The minimum Gasteiger partial charge on any atom is -0.358 e. The van der Waals surface area contributed by atoms with Crippen molar-refractivity contribution < 1.29 is 2.85 Å². The van der Waals surface area contributed by atoms with Crippen LogP contribution in [0.2, 0.25) is 0 Å². The lowest BCUT2D eigenvalue weighted by molar-refractivity contribution is 1.25. The van der Waals surface area contributed by atoms with Crippen molar-refractivity contribution in [2.75, 3.05) is 0 Å². The van der Waals surface area contributed by atoms with E-state index in [9.17, 15) is 0 Å². The molecule has 17 heavy (non-hydrogen) atoms. The molecule has 1 aromatic heterocycles. The van der Waals surface area contributed by atoms with Crippen molar-refractivity contribution in [3.8, 4) is 17.3 Å². The largest absolute Gasteiger partial charge is 0.358 e. The molecule has 2 aromatic rings. The Morgan fingerprint density at radius 1 is 1.12 bits per heavy atom. The summed E-state index contributed by atoms with van der Waals surface area (Å²) in [5, 5.41) is 8.85. The van der Waals surface area contributed by atoms with Crippen LogP contribution in [0.3, 0.4) is 0 Å². The third-order valence-corrected chi connectivity index (χ3v) is 2.50. The average Bonchev–Trinajstić information content (AvgIpc) is 2.74. The van der Waals surface area contributed by atoms with E-state index < -0.39 is 0 Å². The van der Waals surface area contributed by atoms with Crippen LogP contribution >= 0.6 is 0 Å². The fourth-order valence-corrected chi connectivity index (χ4v) is 1.56. The highest BCUT2D eigenvalue weighted by atomic mass is 14.7. The number of nitrogens with zero attached hydrogens (tertiary/aromatic N) is 1. The summed E-state index contributed by atoms with van der Waals surface area (Å²) in [6, 6.07) is 12.3. The lowest BCUT2D eigenvalue weighted by Crippen LogP contribution is -1.78. The van der Waals surface area contributed by atoms with Gasteiger partial charge in [0.25, 0.3) is 0 Å². The van der Waals surface area contributed by atoms with Gasteiger partial charge >= 0.3 is 0 Å². The molecule has 0 bridgehead atoms. The van der Waals surface area contributed by atoms with E-state index in [-0.39, 0.29) is 2.85 Å². The first kappa shape index (κ1) is 13.1. The topological polar surface area (TPSA) is 39.6 Å². The van der Waals surface area contributed by atoms with Crippen LogP contribution in [0, 0.1) is 25.2 Å². The minimum atomic E-state index is 0. The third-order valence-electron chi connectivity index (χ3n) is 2.50. The zero-order valence-corrected chi connectivity index (χ0v) is 10.8. The molecule has 1 aromatic carbocycles. The molecule has 0 spiro atoms. The normalized spacial score (nSPS) is 9.12. The van der Waals surface area contributed by atoms with Gasteiger partial charge in [-0.05, 0) is 25.5 Å². The molecule has 2 heteroatoms. The first-order chi connectivity index (χ1) is 8.20. The molecule has 0 aliphatic carbocycles. The Kier molecular flexibility index (Phi) is 4.54. The lowest BCUT2D eigenvalue weighted by atomic mass is 10.1. The van der Waals surface area contributed by atoms with Gasteiger partial charge in [0.15, 0.2) is 0 Å². The molecular formula is C15H22N2. The summed E-state index contributed by atoms with van der Waals surface area (Å²) in [6.07, 6.45) is 0. The molecule has 0 saturated carbocycles. The van der Waals surface area contributed by atoms with E-state index in [0.29, 0.717) is 5.56 Å². The van der Waals surface area contributed by atoms with Gasteiger partial charge in [-0.15, -0.1) is 0 Å². The molecule has 0 aliphatic rings. The van der Waals surface area contributed by atoms with E-state index in [0.717, 1.165) is 17.0 Å². The smallest absolute Gasteiger partial charge is 0.101 e. The highest BCUT2D eigenvalue weighted by Gasteiger charge is 2.04. The Morgan fingerprint density at radius 3 is 2.18 bits per heavy atom. The highest BCUT2D eigenvalue weighted by Crippen LogP contribution is 2.21. The number of nitriles is 1. The fraction of sp³-hybridized carbons (Fsp3) is 0.267. The van der Waals surface area contributed by atoms with Gasteiger partial charge in [-0.1, -0.05) is 43.7 Å². The number of hydrogen-bond acceptors (Lipinski definition) is 1. The van der Waals surface area contributed by atoms with Crippen LogP contribution < -0.4 is 0 Å². The number of aromatic amines is 1. The monoisotopic (exact) mass is 230 g/mol. The lowest BCUT2D eigenvalue weighted by Gasteiger charge is -1.98. The summed E-state index contributed by atoms with van der Waals surface area (Å²) >= 11 is 0. The third kappa shape index (κ3) is 2.98.